The second-order valence-electron chi connectivity index (χ2n) is 6.14. The number of hydrogen-bond acceptors (Lipinski definition) is 2. The molecule has 0 amide bonds. The maximum atomic E-state index is 6.10. The summed E-state index contributed by atoms with van der Waals surface area (Å²) in [5.74, 6) is 1.49. The summed E-state index contributed by atoms with van der Waals surface area (Å²) in [6, 6.07) is 19.7. The standard InChI is InChI=1S/C21H16Cl2N2O/c1-13-6-8-14(9-7-13)12-26-20-5-3-2-4-15(20)21-24-18-10-16(22)17(23)11-19(18)25-21/h2-11H,12H2,1H3,(H,24,25). The minimum Gasteiger partial charge on any atom is -0.488 e. The molecule has 3 aromatic carbocycles. The second kappa shape index (κ2) is 7.02. The Kier molecular flexibility index (Phi) is 4.58. The highest BCUT2D eigenvalue weighted by Crippen LogP contribution is 2.32. The first-order valence-electron chi connectivity index (χ1n) is 8.22. The van der Waals surface area contributed by atoms with Crippen molar-refractivity contribution in [3.8, 4) is 17.1 Å². The van der Waals surface area contributed by atoms with Crippen LogP contribution >= 0.6 is 23.2 Å². The number of rotatable bonds is 4. The quantitative estimate of drug-likeness (QED) is 0.441. The first-order valence-corrected chi connectivity index (χ1v) is 8.98. The molecule has 4 aromatic rings. The summed E-state index contributed by atoms with van der Waals surface area (Å²) in [7, 11) is 0. The number of para-hydroxylation sites is 1. The molecule has 0 saturated heterocycles. The Hall–Kier alpha value is -2.49. The molecule has 0 radical (unpaired) electrons. The maximum Gasteiger partial charge on any atom is 0.142 e. The molecular weight excluding hydrogens is 367 g/mol. The molecule has 26 heavy (non-hydrogen) atoms. The van der Waals surface area contributed by atoms with Crippen molar-refractivity contribution in [2.24, 2.45) is 0 Å². The Morgan fingerprint density at radius 1 is 0.962 bits per heavy atom. The largest absolute Gasteiger partial charge is 0.488 e. The number of fused-ring (bicyclic) bond motifs is 1. The van der Waals surface area contributed by atoms with Gasteiger partial charge in [-0.2, -0.15) is 0 Å². The molecule has 1 N–H and O–H groups in total. The monoisotopic (exact) mass is 382 g/mol. The van der Waals surface area contributed by atoms with Gasteiger partial charge >= 0.3 is 0 Å². The number of halogens is 2. The highest BCUT2D eigenvalue weighted by atomic mass is 35.5. The Morgan fingerprint density at radius 2 is 1.69 bits per heavy atom. The van der Waals surface area contributed by atoms with Crippen molar-refractivity contribution in [1.29, 1.82) is 0 Å². The zero-order valence-corrected chi connectivity index (χ0v) is 15.6. The fourth-order valence-electron chi connectivity index (χ4n) is 2.77. The smallest absolute Gasteiger partial charge is 0.142 e. The topological polar surface area (TPSA) is 37.9 Å². The molecule has 4 rings (SSSR count). The van der Waals surface area contributed by atoms with Gasteiger partial charge in [-0.3, -0.25) is 0 Å². The predicted octanol–water partition coefficient (Wildman–Crippen LogP) is 6.42. The lowest BCUT2D eigenvalue weighted by molar-refractivity contribution is 0.307. The second-order valence-corrected chi connectivity index (χ2v) is 6.95. The van der Waals surface area contributed by atoms with Gasteiger partial charge in [0.05, 0.1) is 26.6 Å². The van der Waals surface area contributed by atoms with Crippen LogP contribution in [0.5, 0.6) is 5.75 Å². The molecule has 0 aliphatic rings. The summed E-state index contributed by atoms with van der Waals surface area (Å²) in [6.07, 6.45) is 0. The van der Waals surface area contributed by atoms with E-state index in [4.69, 9.17) is 27.9 Å². The first kappa shape index (κ1) is 17.0. The molecule has 0 aliphatic heterocycles. The number of aromatic amines is 1. The normalized spacial score (nSPS) is 11.0. The van der Waals surface area contributed by atoms with E-state index in [1.807, 2.05) is 24.3 Å². The van der Waals surface area contributed by atoms with Crippen LogP contribution in [0.3, 0.4) is 0 Å². The van der Waals surface area contributed by atoms with E-state index in [9.17, 15) is 0 Å². The minimum atomic E-state index is 0.487. The number of aromatic nitrogens is 2. The number of hydrogen-bond donors (Lipinski definition) is 1. The van der Waals surface area contributed by atoms with Crippen molar-refractivity contribution >= 4 is 34.2 Å². The fraction of sp³-hybridized carbons (Fsp3) is 0.0952. The van der Waals surface area contributed by atoms with Gasteiger partial charge in [0, 0.05) is 0 Å². The van der Waals surface area contributed by atoms with Gasteiger partial charge in [0.15, 0.2) is 0 Å². The Balaban J connectivity index is 1.66. The fourth-order valence-corrected chi connectivity index (χ4v) is 3.09. The van der Waals surface area contributed by atoms with Gasteiger partial charge in [-0.15, -0.1) is 0 Å². The van der Waals surface area contributed by atoms with Crippen LogP contribution in [-0.2, 0) is 6.61 Å². The third kappa shape index (κ3) is 3.41. The number of benzene rings is 3. The van der Waals surface area contributed by atoms with Crippen molar-refractivity contribution in [2.45, 2.75) is 13.5 Å². The van der Waals surface area contributed by atoms with E-state index in [-0.39, 0.29) is 0 Å². The Bertz CT molecular complexity index is 1030. The molecule has 1 heterocycles. The molecule has 0 atom stereocenters. The van der Waals surface area contributed by atoms with E-state index in [0.29, 0.717) is 16.7 Å². The van der Waals surface area contributed by atoms with E-state index in [1.165, 1.54) is 5.56 Å². The SMILES string of the molecule is Cc1ccc(COc2ccccc2-c2nc3cc(Cl)c(Cl)cc3[nH]2)cc1. The van der Waals surface area contributed by atoms with Crippen LogP contribution in [0.25, 0.3) is 22.4 Å². The molecule has 5 heteroatoms. The number of H-pyrrole nitrogens is 1. The van der Waals surface area contributed by atoms with Gasteiger partial charge in [-0.05, 0) is 36.8 Å². The van der Waals surface area contributed by atoms with Gasteiger partial charge in [-0.25, -0.2) is 4.98 Å². The van der Waals surface area contributed by atoms with E-state index in [2.05, 4.69) is 41.2 Å². The third-order valence-corrected chi connectivity index (χ3v) is 4.90. The molecule has 0 fully saturated rings. The summed E-state index contributed by atoms with van der Waals surface area (Å²) in [5, 5.41) is 0.986. The molecule has 0 aliphatic carbocycles. The van der Waals surface area contributed by atoms with Crippen molar-refractivity contribution < 1.29 is 4.74 Å². The van der Waals surface area contributed by atoms with Crippen molar-refractivity contribution in [2.75, 3.05) is 0 Å². The van der Waals surface area contributed by atoms with Gasteiger partial charge in [0.25, 0.3) is 0 Å². The molecular formula is C21H16Cl2N2O. The van der Waals surface area contributed by atoms with Crippen molar-refractivity contribution in [3.63, 3.8) is 0 Å². The number of imidazole rings is 1. The average molecular weight is 383 g/mol. The van der Waals surface area contributed by atoms with Crippen LogP contribution in [0, 0.1) is 6.92 Å². The molecule has 1 aromatic heterocycles. The van der Waals surface area contributed by atoms with Crippen LogP contribution in [0.2, 0.25) is 10.0 Å². The molecule has 3 nitrogen and oxygen atoms in total. The van der Waals surface area contributed by atoms with Crippen LogP contribution in [0.4, 0.5) is 0 Å². The molecule has 130 valence electrons. The zero-order chi connectivity index (χ0) is 18.1. The van der Waals surface area contributed by atoms with E-state index in [0.717, 1.165) is 33.7 Å². The highest BCUT2D eigenvalue weighted by Gasteiger charge is 2.12. The van der Waals surface area contributed by atoms with E-state index >= 15 is 0 Å². The van der Waals surface area contributed by atoms with Gasteiger partial charge in [0.2, 0.25) is 0 Å². The summed E-state index contributed by atoms with van der Waals surface area (Å²) in [6.45, 7) is 2.56. The van der Waals surface area contributed by atoms with Crippen LogP contribution in [-0.4, -0.2) is 9.97 Å². The van der Waals surface area contributed by atoms with Gasteiger partial charge in [0.1, 0.15) is 18.2 Å². The number of aryl methyl sites for hydroxylation is 1. The van der Waals surface area contributed by atoms with Crippen LogP contribution < -0.4 is 4.74 Å². The summed E-state index contributed by atoms with van der Waals surface area (Å²) >= 11 is 12.2. The zero-order valence-electron chi connectivity index (χ0n) is 14.1. The van der Waals surface area contributed by atoms with Crippen LogP contribution in [0.15, 0.2) is 60.7 Å². The van der Waals surface area contributed by atoms with Crippen molar-refractivity contribution in [1.82, 2.24) is 9.97 Å². The summed E-state index contributed by atoms with van der Waals surface area (Å²) < 4.78 is 6.05. The Morgan fingerprint density at radius 3 is 2.50 bits per heavy atom. The lowest BCUT2D eigenvalue weighted by Gasteiger charge is -2.10. The average Bonchev–Trinajstić information content (AvgIpc) is 3.04. The van der Waals surface area contributed by atoms with Gasteiger partial charge in [-0.1, -0.05) is 65.2 Å². The molecule has 0 saturated carbocycles. The molecule has 0 spiro atoms. The predicted molar refractivity (Wildman–Crippen MR) is 107 cm³/mol. The lowest BCUT2D eigenvalue weighted by atomic mass is 10.1. The number of ether oxygens (including phenoxy) is 1. The Labute approximate surface area is 161 Å². The van der Waals surface area contributed by atoms with Gasteiger partial charge < -0.3 is 9.72 Å². The number of nitrogens with zero attached hydrogens (tertiary/aromatic N) is 1. The minimum absolute atomic E-state index is 0.487. The van der Waals surface area contributed by atoms with E-state index < -0.39 is 0 Å². The summed E-state index contributed by atoms with van der Waals surface area (Å²) in [4.78, 5) is 7.93. The van der Waals surface area contributed by atoms with Crippen molar-refractivity contribution in [3.05, 3.63) is 81.8 Å². The van der Waals surface area contributed by atoms with E-state index in [1.54, 1.807) is 12.1 Å². The third-order valence-electron chi connectivity index (χ3n) is 4.18. The summed E-state index contributed by atoms with van der Waals surface area (Å²) in [5.41, 5.74) is 4.84. The number of nitrogens with one attached hydrogen (secondary N) is 1. The maximum absolute atomic E-state index is 6.10. The first-order chi connectivity index (χ1) is 12.6. The highest BCUT2D eigenvalue weighted by molar-refractivity contribution is 6.42. The molecule has 0 unspecified atom stereocenters. The molecule has 0 bridgehead atoms. The lowest BCUT2D eigenvalue weighted by Crippen LogP contribution is -1.97. The van der Waals surface area contributed by atoms with Crippen LogP contribution in [0.1, 0.15) is 11.1 Å².